The summed E-state index contributed by atoms with van der Waals surface area (Å²) < 4.78 is 7.56. The minimum Gasteiger partial charge on any atom is -0.467 e. The third kappa shape index (κ3) is 2.58. The highest BCUT2D eigenvalue weighted by molar-refractivity contribution is 5.19. The molecule has 0 saturated carbocycles. The number of nitrogens with zero attached hydrogens (tertiary/aromatic N) is 2. The van der Waals surface area contributed by atoms with Crippen LogP contribution in [0.2, 0.25) is 0 Å². The van der Waals surface area contributed by atoms with Crippen molar-refractivity contribution in [1.29, 1.82) is 0 Å². The van der Waals surface area contributed by atoms with Gasteiger partial charge in [0.2, 0.25) is 0 Å². The molecule has 4 heteroatoms. The summed E-state index contributed by atoms with van der Waals surface area (Å²) in [6.07, 6.45) is 7.32. The summed E-state index contributed by atoms with van der Waals surface area (Å²) in [5.74, 6) is 1.88. The highest BCUT2D eigenvalue weighted by Gasteiger charge is 2.15. The first-order chi connectivity index (χ1) is 8.22. The molecule has 0 fully saturated rings. The van der Waals surface area contributed by atoms with Gasteiger partial charge in [-0.1, -0.05) is 6.92 Å². The van der Waals surface area contributed by atoms with Gasteiger partial charge in [0.05, 0.1) is 12.3 Å². The smallest absolute Gasteiger partial charge is 0.123 e. The van der Waals surface area contributed by atoms with E-state index in [2.05, 4.69) is 16.5 Å². The molecule has 0 aliphatic carbocycles. The fraction of sp³-hybridized carbons (Fsp3) is 0.462. The minimum atomic E-state index is -0.122. The fourth-order valence-electron chi connectivity index (χ4n) is 2.03. The molecule has 17 heavy (non-hydrogen) atoms. The number of hydrogen-bond donors (Lipinski definition) is 1. The second-order valence-corrected chi connectivity index (χ2v) is 4.32. The number of nitrogens with two attached hydrogens (primary N) is 1. The first kappa shape index (κ1) is 11.9. The first-order valence-electron chi connectivity index (χ1n) is 6.02. The van der Waals surface area contributed by atoms with E-state index in [4.69, 9.17) is 10.2 Å². The lowest BCUT2D eigenvalue weighted by Gasteiger charge is -2.11. The Bertz CT molecular complexity index is 472. The van der Waals surface area contributed by atoms with E-state index in [0.717, 1.165) is 30.1 Å². The monoisotopic (exact) mass is 233 g/mol. The maximum atomic E-state index is 6.15. The molecular formula is C13H19N3O. The standard InChI is InChI=1S/C13H19N3O/c1-3-6-16-7-5-15-12(16)9-11(14)13-10(2)4-8-17-13/h4-5,7-8,11H,3,6,9,14H2,1-2H3. The van der Waals surface area contributed by atoms with Gasteiger partial charge in [-0.05, 0) is 25.0 Å². The third-order valence-electron chi connectivity index (χ3n) is 2.91. The van der Waals surface area contributed by atoms with Gasteiger partial charge in [0, 0.05) is 25.4 Å². The molecule has 92 valence electrons. The van der Waals surface area contributed by atoms with Gasteiger partial charge in [0.15, 0.2) is 0 Å². The second kappa shape index (κ2) is 5.19. The molecular weight excluding hydrogens is 214 g/mol. The molecule has 0 bridgehead atoms. The summed E-state index contributed by atoms with van der Waals surface area (Å²) in [7, 11) is 0. The molecule has 2 aromatic heterocycles. The molecule has 0 aliphatic rings. The molecule has 1 atom stereocenters. The van der Waals surface area contributed by atoms with Crippen LogP contribution in [0, 0.1) is 6.92 Å². The molecule has 0 radical (unpaired) electrons. The van der Waals surface area contributed by atoms with Crippen molar-refractivity contribution in [1.82, 2.24) is 9.55 Å². The number of furan rings is 1. The van der Waals surface area contributed by atoms with Crippen molar-refractivity contribution in [2.24, 2.45) is 5.73 Å². The van der Waals surface area contributed by atoms with Gasteiger partial charge in [0.25, 0.3) is 0 Å². The van der Waals surface area contributed by atoms with Gasteiger partial charge in [0.1, 0.15) is 11.6 Å². The van der Waals surface area contributed by atoms with Crippen LogP contribution in [0.5, 0.6) is 0 Å². The van der Waals surface area contributed by atoms with Crippen LogP contribution >= 0.6 is 0 Å². The fourth-order valence-corrected chi connectivity index (χ4v) is 2.03. The average molecular weight is 233 g/mol. The van der Waals surface area contributed by atoms with E-state index in [-0.39, 0.29) is 6.04 Å². The molecule has 2 heterocycles. The highest BCUT2D eigenvalue weighted by Crippen LogP contribution is 2.19. The maximum absolute atomic E-state index is 6.15. The van der Waals surface area contributed by atoms with Crippen molar-refractivity contribution in [3.63, 3.8) is 0 Å². The molecule has 1 unspecified atom stereocenters. The largest absolute Gasteiger partial charge is 0.467 e. The normalized spacial score (nSPS) is 12.9. The Morgan fingerprint density at radius 1 is 1.53 bits per heavy atom. The van der Waals surface area contributed by atoms with Crippen LogP contribution in [-0.2, 0) is 13.0 Å². The van der Waals surface area contributed by atoms with Crippen LogP contribution in [0.15, 0.2) is 29.1 Å². The van der Waals surface area contributed by atoms with Gasteiger partial charge in [-0.25, -0.2) is 4.98 Å². The molecule has 2 rings (SSSR count). The quantitative estimate of drug-likeness (QED) is 0.863. The summed E-state index contributed by atoms with van der Waals surface area (Å²) in [5, 5.41) is 0. The maximum Gasteiger partial charge on any atom is 0.123 e. The zero-order valence-electron chi connectivity index (χ0n) is 10.4. The predicted molar refractivity (Wildman–Crippen MR) is 66.6 cm³/mol. The third-order valence-corrected chi connectivity index (χ3v) is 2.91. The summed E-state index contributed by atoms with van der Waals surface area (Å²) in [4.78, 5) is 4.36. The van der Waals surface area contributed by atoms with E-state index in [1.165, 1.54) is 0 Å². The van der Waals surface area contributed by atoms with Crippen molar-refractivity contribution in [2.45, 2.75) is 39.3 Å². The van der Waals surface area contributed by atoms with Crippen LogP contribution in [0.1, 0.15) is 36.5 Å². The number of hydrogen-bond acceptors (Lipinski definition) is 3. The Kier molecular flexibility index (Phi) is 3.64. The molecule has 2 aromatic rings. The Morgan fingerprint density at radius 3 is 3.00 bits per heavy atom. The van der Waals surface area contributed by atoms with Crippen LogP contribution in [0.4, 0.5) is 0 Å². The van der Waals surface area contributed by atoms with Crippen LogP contribution in [0.3, 0.4) is 0 Å². The minimum absolute atomic E-state index is 0.122. The molecule has 0 aromatic carbocycles. The van der Waals surface area contributed by atoms with E-state index in [9.17, 15) is 0 Å². The topological polar surface area (TPSA) is 57.0 Å². The number of rotatable bonds is 5. The Labute approximate surface area is 101 Å². The van der Waals surface area contributed by atoms with Crippen LogP contribution < -0.4 is 5.73 Å². The lowest BCUT2D eigenvalue weighted by atomic mass is 10.1. The molecule has 2 N–H and O–H groups in total. The summed E-state index contributed by atoms with van der Waals surface area (Å²) >= 11 is 0. The Balaban J connectivity index is 2.10. The van der Waals surface area contributed by atoms with E-state index in [0.29, 0.717) is 6.42 Å². The lowest BCUT2D eigenvalue weighted by molar-refractivity contribution is 0.453. The van der Waals surface area contributed by atoms with Crippen LogP contribution in [-0.4, -0.2) is 9.55 Å². The van der Waals surface area contributed by atoms with Gasteiger partial charge in [-0.15, -0.1) is 0 Å². The Hall–Kier alpha value is -1.55. The van der Waals surface area contributed by atoms with Crippen molar-refractivity contribution in [2.75, 3.05) is 0 Å². The predicted octanol–water partition coefficient (Wildman–Crippen LogP) is 2.44. The summed E-state index contributed by atoms with van der Waals surface area (Å²) in [6, 6.07) is 1.82. The summed E-state index contributed by atoms with van der Waals surface area (Å²) in [5.41, 5.74) is 7.25. The molecule has 0 amide bonds. The van der Waals surface area contributed by atoms with Crippen molar-refractivity contribution in [3.8, 4) is 0 Å². The van der Waals surface area contributed by atoms with Gasteiger partial charge < -0.3 is 14.7 Å². The SMILES string of the molecule is CCCn1ccnc1CC(N)c1occc1C. The number of aryl methyl sites for hydroxylation is 2. The van der Waals surface area contributed by atoms with Crippen molar-refractivity contribution >= 4 is 0 Å². The first-order valence-corrected chi connectivity index (χ1v) is 6.02. The summed E-state index contributed by atoms with van der Waals surface area (Å²) in [6.45, 7) is 5.15. The van der Waals surface area contributed by atoms with Gasteiger partial charge in [-0.3, -0.25) is 0 Å². The van der Waals surface area contributed by atoms with E-state index < -0.39 is 0 Å². The Morgan fingerprint density at radius 2 is 2.35 bits per heavy atom. The van der Waals surface area contributed by atoms with Crippen LogP contribution in [0.25, 0.3) is 0 Å². The molecule has 0 saturated heterocycles. The second-order valence-electron chi connectivity index (χ2n) is 4.32. The average Bonchev–Trinajstić information content (AvgIpc) is 2.89. The molecule has 4 nitrogen and oxygen atoms in total. The van der Waals surface area contributed by atoms with E-state index >= 15 is 0 Å². The van der Waals surface area contributed by atoms with E-state index in [1.54, 1.807) is 6.26 Å². The van der Waals surface area contributed by atoms with Crippen molar-refractivity contribution < 1.29 is 4.42 Å². The number of aromatic nitrogens is 2. The van der Waals surface area contributed by atoms with Crippen molar-refractivity contribution in [3.05, 3.63) is 41.9 Å². The van der Waals surface area contributed by atoms with E-state index in [1.807, 2.05) is 25.4 Å². The van der Waals surface area contributed by atoms with Gasteiger partial charge >= 0.3 is 0 Å². The van der Waals surface area contributed by atoms with Gasteiger partial charge in [-0.2, -0.15) is 0 Å². The lowest BCUT2D eigenvalue weighted by Crippen LogP contribution is -2.16. The number of imidazole rings is 1. The molecule has 0 aliphatic heterocycles. The highest BCUT2D eigenvalue weighted by atomic mass is 16.3. The molecule has 0 spiro atoms. The zero-order chi connectivity index (χ0) is 12.3. The zero-order valence-corrected chi connectivity index (χ0v) is 10.4.